The van der Waals surface area contributed by atoms with Gasteiger partial charge in [0.1, 0.15) is 5.75 Å². The number of amides is 2. The highest BCUT2D eigenvalue weighted by Gasteiger charge is 2.13. The molecule has 0 aliphatic heterocycles. The Morgan fingerprint density at radius 1 is 1.33 bits per heavy atom. The molecule has 0 unspecified atom stereocenters. The van der Waals surface area contributed by atoms with Crippen LogP contribution < -0.4 is 21.3 Å². The standard InChI is InChI=1S/C13H14N4O3S/c1-20-10-5-3-2-4-9(10)12(19)17-16-11(18)6-8-7-21-13(14)15-8/h2-5,7H,6H2,1H3,(H2,14,15)(H,16,18)(H,17,19). The van der Waals surface area contributed by atoms with Gasteiger partial charge in [-0.05, 0) is 12.1 Å². The van der Waals surface area contributed by atoms with Gasteiger partial charge in [-0.15, -0.1) is 11.3 Å². The Kier molecular flexibility index (Phi) is 4.72. The number of hydrogen-bond acceptors (Lipinski definition) is 6. The van der Waals surface area contributed by atoms with E-state index >= 15 is 0 Å². The van der Waals surface area contributed by atoms with Crippen LogP contribution in [-0.2, 0) is 11.2 Å². The largest absolute Gasteiger partial charge is 0.496 e. The van der Waals surface area contributed by atoms with Gasteiger partial charge >= 0.3 is 0 Å². The van der Waals surface area contributed by atoms with Crippen molar-refractivity contribution in [1.82, 2.24) is 15.8 Å². The van der Waals surface area contributed by atoms with E-state index < -0.39 is 5.91 Å². The number of nitrogens with one attached hydrogen (secondary N) is 2. The van der Waals surface area contributed by atoms with Gasteiger partial charge in [-0.25, -0.2) is 4.98 Å². The molecule has 1 aromatic heterocycles. The number of methoxy groups -OCH3 is 1. The predicted octanol–water partition coefficient (Wildman–Crippen LogP) is 0.738. The summed E-state index contributed by atoms with van der Waals surface area (Å²) in [5, 5.41) is 2.09. The van der Waals surface area contributed by atoms with E-state index in [0.29, 0.717) is 22.1 Å². The molecular weight excluding hydrogens is 292 g/mol. The zero-order valence-corrected chi connectivity index (χ0v) is 12.1. The molecule has 2 amide bonds. The summed E-state index contributed by atoms with van der Waals surface area (Å²) < 4.78 is 5.08. The van der Waals surface area contributed by atoms with Crippen LogP contribution in [0.2, 0.25) is 0 Å². The van der Waals surface area contributed by atoms with E-state index in [0.717, 1.165) is 0 Å². The number of aromatic nitrogens is 1. The highest BCUT2D eigenvalue weighted by molar-refractivity contribution is 7.13. The van der Waals surface area contributed by atoms with Gasteiger partial charge in [0.15, 0.2) is 5.13 Å². The second kappa shape index (κ2) is 6.71. The number of carbonyl (C=O) groups is 2. The van der Waals surface area contributed by atoms with E-state index in [2.05, 4.69) is 15.8 Å². The number of para-hydroxylation sites is 1. The molecule has 0 saturated carbocycles. The molecule has 2 rings (SSSR count). The molecule has 1 aromatic carbocycles. The van der Waals surface area contributed by atoms with Crippen molar-refractivity contribution in [2.45, 2.75) is 6.42 Å². The maximum absolute atomic E-state index is 11.9. The lowest BCUT2D eigenvalue weighted by atomic mass is 10.2. The summed E-state index contributed by atoms with van der Waals surface area (Å²) in [7, 11) is 1.47. The maximum Gasteiger partial charge on any atom is 0.273 e. The summed E-state index contributed by atoms with van der Waals surface area (Å²) in [6.45, 7) is 0. The molecule has 0 aliphatic carbocycles. The predicted molar refractivity (Wildman–Crippen MR) is 78.8 cm³/mol. The fourth-order valence-electron chi connectivity index (χ4n) is 1.64. The van der Waals surface area contributed by atoms with E-state index in [1.165, 1.54) is 18.4 Å². The van der Waals surface area contributed by atoms with Crippen molar-refractivity contribution in [2.75, 3.05) is 12.8 Å². The number of hydrazine groups is 1. The second-order valence-electron chi connectivity index (χ2n) is 4.06. The first kappa shape index (κ1) is 14.8. The SMILES string of the molecule is COc1ccccc1C(=O)NNC(=O)Cc1csc(N)n1. The van der Waals surface area contributed by atoms with Crippen molar-refractivity contribution in [3.8, 4) is 5.75 Å². The fraction of sp³-hybridized carbons (Fsp3) is 0.154. The van der Waals surface area contributed by atoms with Crippen LogP contribution in [0.1, 0.15) is 16.1 Å². The zero-order chi connectivity index (χ0) is 15.2. The summed E-state index contributed by atoms with van der Waals surface area (Å²) >= 11 is 1.26. The van der Waals surface area contributed by atoms with Crippen LogP contribution in [0.3, 0.4) is 0 Å². The third-order valence-electron chi connectivity index (χ3n) is 2.58. The van der Waals surface area contributed by atoms with Gasteiger partial charge < -0.3 is 10.5 Å². The van der Waals surface area contributed by atoms with Gasteiger partial charge in [-0.2, -0.15) is 0 Å². The van der Waals surface area contributed by atoms with Crippen LogP contribution in [0.5, 0.6) is 5.75 Å². The van der Waals surface area contributed by atoms with Crippen LogP contribution in [0, 0.1) is 0 Å². The summed E-state index contributed by atoms with van der Waals surface area (Å²) in [6.07, 6.45) is 0.0416. The lowest BCUT2D eigenvalue weighted by Crippen LogP contribution is -2.42. The number of benzene rings is 1. The molecule has 0 fully saturated rings. The summed E-state index contributed by atoms with van der Waals surface area (Å²) in [5.41, 5.74) is 11.0. The summed E-state index contributed by atoms with van der Waals surface area (Å²) in [5.74, 6) is -0.418. The number of rotatable bonds is 4. The van der Waals surface area contributed by atoms with Gasteiger partial charge in [0.2, 0.25) is 5.91 Å². The van der Waals surface area contributed by atoms with Gasteiger partial charge in [-0.1, -0.05) is 12.1 Å². The van der Waals surface area contributed by atoms with Crippen molar-refractivity contribution in [2.24, 2.45) is 0 Å². The Bertz CT molecular complexity index is 656. The van der Waals surface area contributed by atoms with Crippen LogP contribution in [0.15, 0.2) is 29.6 Å². The second-order valence-corrected chi connectivity index (χ2v) is 4.95. The van der Waals surface area contributed by atoms with E-state index in [1.54, 1.807) is 29.6 Å². The number of nitrogens with two attached hydrogens (primary N) is 1. The van der Waals surface area contributed by atoms with E-state index in [-0.39, 0.29) is 12.3 Å². The number of hydrogen-bond donors (Lipinski definition) is 3. The molecule has 0 saturated heterocycles. The molecule has 2 aromatic rings. The Hall–Kier alpha value is -2.61. The van der Waals surface area contributed by atoms with Gasteiger partial charge in [-0.3, -0.25) is 20.4 Å². The Morgan fingerprint density at radius 3 is 2.76 bits per heavy atom. The van der Waals surface area contributed by atoms with Crippen LogP contribution >= 0.6 is 11.3 Å². The number of thiazole rings is 1. The Morgan fingerprint density at radius 2 is 2.10 bits per heavy atom. The number of anilines is 1. The highest BCUT2D eigenvalue weighted by atomic mass is 32.1. The minimum atomic E-state index is -0.460. The number of carbonyl (C=O) groups excluding carboxylic acids is 2. The molecule has 0 bridgehead atoms. The molecule has 0 atom stereocenters. The lowest BCUT2D eigenvalue weighted by molar-refractivity contribution is -0.121. The van der Waals surface area contributed by atoms with E-state index in [1.807, 2.05) is 0 Å². The number of nitrogens with zero attached hydrogens (tertiary/aromatic N) is 1. The molecule has 110 valence electrons. The van der Waals surface area contributed by atoms with Crippen molar-refractivity contribution in [3.05, 3.63) is 40.9 Å². The molecule has 0 spiro atoms. The van der Waals surface area contributed by atoms with E-state index in [9.17, 15) is 9.59 Å². The molecule has 4 N–H and O–H groups in total. The molecule has 0 radical (unpaired) electrons. The molecule has 7 nitrogen and oxygen atoms in total. The quantitative estimate of drug-likeness (QED) is 0.722. The third-order valence-corrected chi connectivity index (χ3v) is 3.30. The minimum Gasteiger partial charge on any atom is -0.496 e. The lowest BCUT2D eigenvalue weighted by Gasteiger charge is -2.09. The highest BCUT2D eigenvalue weighted by Crippen LogP contribution is 2.16. The van der Waals surface area contributed by atoms with Crippen LogP contribution in [-0.4, -0.2) is 23.9 Å². The number of ether oxygens (including phenoxy) is 1. The van der Waals surface area contributed by atoms with Gasteiger partial charge in [0.25, 0.3) is 5.91 Å². The topological polar surface area (TPSA) is 106 Å². The zero-order valence-electron chi connectivity index (χ0n) is 11.3. The Labute approximate surface area is 125 Å². The molecule has 1 heterocycles. The van der Waals surface area contributed by atoms with E-state index in [4.69, 9.17) is 10.5 Å². The fourth-order valence-corrected chi connectivity index (χ4v) is 2.20. The first-order valence-corrected chi connectivity index (χ1v) is 6.90. The van der Waals surface area contributed by atoms with Crippen molar-refractivity contribution in [3.63, 3.8) is 0 Å². The molecular formula is C13H14N4O3S. The Balaban J connectivity index is 1.90. The average Bonchev–Trinajstić information content (AvgIpc) is 2.89. The first-order valence-electron chi connectivity index (χ1n) is 6.02. The third kappa shape index (κ3) is 3.93. The van der Waals surface area contributed by atoms with Gasteiger partial charge in [0, 0.05) is 5.38 Å². The minimum absolute atomic E-state index is 0.0416. The van der Waals surface area contributed by atoms with Crippen molar-refractivity contribution < 1.29 is 14.3 Å². The summed E-state index contributed by atoms with van der Waals surface area (Å²) in [6, 6.07) is 6.72. The average molecular weight is 306 g/mol. The normalized spacial score (nSPS) is 9.95. The van der Waals surface area contributed by atoms with Gasteiger partial charge in [0.05, 0.1) is 24.8 Å². The number of nitrogen functional groups attached to an aromatic ring is 1. The van der Waals surface area contributed by atoms with Crippen molar-refractivity contribution in [1.29, 1.82) is 0 Å². The summed E-state index contributed by atoms with van der Waals surface area (Å²) in [4.78, 5) is 27.6. The first-order chi connectivity index (χ1) is 10.1. The van der Waals surface area contributed by atoms with Crippen LogP contribution in [0.25, 0.3) is 0 Å². The molecule has 0 aliphatic rings. The monoisotopic (exact) mass is 306 g/mol. The maximum atomic E-state index is 11.9. The smallest absolute Gasteiger partial charge is 0.273 e. The van der Waals surface area contributed by atoms with Crippen LogP contribution in [0.4, 0.5) is 5.13 Å². The molecule has 21 heavy (non-hydrogen) atoms. The molecule has 8 heteroatoms. The van der Waals surface area contributed by atoms with Crippen molar-refractivity contribution >= 4 is 28.3 Å².